The van der Waals surface area contributed by atoms with E-state index >= 15 is 0 Å². The molecule has 18 heavy (non-hydrogen) atoms. The van der Waals surface area contributed by atoms with Gasteiger partial charge in [0.15, 0.2) is 0 Å². The van der Waals surface area contributed by atoms with Crippen molar-refractivity contribution in [3.05, 3.63) is 0 Å². The molecule has 0 saturated heterocycles. The van der Waals surface area contributed by atoms with Gasteiger partial charge in [0, 0.05) is 6.16 Å². The van der Waals surface area contributed by atoms with Crippen LogP contribution in [0.5, 0.6) is 0 Å². The molecule has 0 aromatic carbocycles. The molecule has 0 amide bonds. The maximum absolute atomic E-state index is 6.97. The lowest BCUT2D eigenvalue weighted by atomic mass is 9.57. The van der Waals surface area contributed by atoms with Gasteiger partial charge in [0.2, 0.25) is 0 Å². The average Bonchev–Trinajstić information content (AvgIpc) is 1.95. The van der Waals surface area contributed by atoms with Crippen LogP contribution in [-0.4, -0.2) is 31.9 Å². The Morgan fingerprint density at radius 2 is 1.00 bits per heavy atom. The molecule has 4 radical (unpaired) electrons. The molecule has 0 aromatic rings. The molecule has 0 aliphatic rings. The first-order valence-corrected chi connectivity index (χ1v) is 8.96. The SMILES string of the molecule is [B][C@](C)(C[P+]([B])(C(C)(C)C)C(C)(C)C)C(C)(C)C. The van der Waals surface area contributed by atoms with Crippen molar-refractivity contribution >= 4 is 22.6 Å². The van der Waals surface area contributed by atoms with E-state index in [1.807, 2.05) is 0 Å². The quantitative estimate of drug-likeness (QED) is 0.482. The topological polar surface area (TPSA) is 0 Å². The molecule has 0 aromatic heterocycles. The highest BCUT2D eigenvalue weighted by molar-refractivity contribution is 7.99. The normalized spacial score (nSPS) is 18.6. The van der Waals surface area contributed by atoms with Crippen LogP contribution in [-0.2, 0) is 0 Å². The van der Waals surface area contributed by atoms with E-state index in [0.29, 0.717) is 0 Å². The minimum absolute atomic E-state index is 0.0636. The van der Waals surface area contributed by atoms with Gasteiger partial charge < -0.3 is 0 Å². The zero-order valence-corrected chi connectivity index (χ0v) is 15.2. The highest BCUT2D eigenvalue weighted by Gasteiger charge is 2.56. The van der Waals surface area contributed by atoms with Gasteiger partial charge in [-0.1, -0.05) is 27.7 Å². The van der Waals surface area contributed by atoms with Crippen LogP contribution >= 0.6 is 7.14 Å². The number of rotatable bonds is 2. The Balaban J connectivity index is 5.58. The molecule has 0 rings (SSSR count). The van der Waals surface area contributed by atoms with Crippen LogP contribution < -0.4 is 0 Å². The van der Waals surface area contributed by atoms with Crippen molar-refractivity contribution in [2.75, 3.05) is 6.16 Å². The molecule has 0 saturated carbocycles. The predicted octanol–water partition coefficient (Wildman–Crippen LogP) is 5.08. The van der Waals surface area contributed by atoms with Crippen molar-refractivity contribution in [2.45, 2.75) is 84.9 Å². The second kappa shape index (κ2) is 4.83. The van der Waals surface area contributed by atoms with E-state index in [-0.39, 0.29) is 21.0 Å². The third-order valence-electron chi connectivity index (χ3n) is 4.69. The van der Waals surface area contributed by atoms with E-state index in [4.69, 9.17) is 15.4 Å². The molecular formula is C15H32B2P+. The predicted molar refractivity (Wildman–Crippen MR) is 90.6 cm³/mol. The molecule has 0 aliphatic heterocycles. The van der Waals surface area contributed by atoms with Crippen molar-refractivity contribution < 1.29 is 0 Å². The van der Waals surface area contributed by atoms with E-state index < -0.39 is 7.14 Å². The molecule has 102 valence electrons. The zero-order chi connectivity index (χ0) is 15.2. The van der Waals surface area contributed by atoms with E-state index in [2.05, 4.69) is 69.2 Å². The first-order chi connectivity index (χ1) is 7.46. The molecule has 0 fully saturated rings. The minimum atomic E-state index is -1.68. The van der Waals surface area contributed by atoms with Crippen LogP contribution in [0.3, 0.4) is 0 Å². The Morgan fingerprint density at radius 1 is 0.722 bits per heavy atom. The van der Waals surface area contributed by atoms with Gasteiger partial charge in [-0.15, -0.1) is 0 Å². The van der Waals surface area contributed by atoms with Crippen molar-refractivity contribution in [2.24, 2.45) is 5.41 Å². The maximum atomic E-state index is 6.97. The summed E-state index contributed by atoms with van der Waals surface area (Å²) in [7, 11) is 11.9. The Kier molecular flexibility index (Phi) is 4.99. The van der Waals surface area contributed by atoms with E-state index in [1.54, 1.807) is 0 Å². The summed E-state index contributed by atoms with van der Waals surface area (Å²) in [5, 5.41) is 0.00431. The molecule has 0 unspecified atom stereocenters. The molecule has 0 bridgehead atoms. The van der Waals surface area contributed by atoms with E-state index in [1.165, 1.54) is 0 Å². The standard InChI is InChI=1S/C15H32B2P/c1-12(2,3)15(10,16)11-18(17,13(4,5)6)14(7,8)9/h11H2,1-10H3/q+1/t15-/m1/s1. The van der Waals surface area contributed by atoms with Crippen LogP contribution in [0.25, 0.3) is 0 Å². The summed E-state index contributed by atoms with van der Waals surface area (Å²) in [5.74, 6) is 0. The number of hydrogen-bond donors (Lipinski definition) is 0. The fourth-order valence-electron chi connectivity index (χ4n) is 2.24. The van der Waals surface area contributed by atoms with Crippen molar-refractivity contribution in [1.82, 2.24) is 0 Å². The van der Waals surface area contributed by atoms with Gasteiger partial charge in [-0.05, 0) is 59.4 Å². The fourth-order valence-corrected chi connectivity index (χ4v) is 6.71. The zero-order valence-electron chi connectivity index (χ0n) is 14.3. The summed E-state index contributed by atoms with van der Waals surface area (Å²) in [6.07, 6.45) is 0.927. The molecular weight excluding hydrogens is 233 g/mol. The Hall–Kier alpha value is 0.560. The second-order valence-corrected chi connectivity index (χ2v) is 13.8. The summed E-state index contributed by atoms with van der Waals surface area (Å²) >= 11 is 0. The van der Waals surface area contributed by atoms with Crippen molar-refractivity contribution in [3.8, 4) is 0 Å². The fraction of sp³-hybridized carbons (Fsp3) is 1.00. The van der Waals surface area contributed by atoms with Crippen molar-refractivity contribution in [1.29, 1.82) is 0 Å². The molecule has 3 heteroatoms. The average molecular weight is 265 g/mol. The summed E-state index contributed by atoms with van der Waals surface area (Å²) in [5.41, 5.74) is 0.0636. The van der Waals surface area contributed by atoms with Crippen LogP contribution in [0.4, 0.5) is 0 Å². The smallest absolute Gasteiger partial charge is 0.0638 e. The summed E-state index contributed by atoms with van der Waals surface area (Å²) < 4.78 is 0. The highest BCUT2D eigenvalue weighted by Crippen LogP contribution is 2.76. The van der Waals surface area contributed by atoms with Crippen LogP contribution in [0, 0.1) is 5.41 Å². The largest absolute Gasteiger partial charge is 0.366 e. The maximum Gasteiger partial charge on any atom is 0.366 e. The first-order valence-electron chi connectivity index (χ1n) is 6.91. The van der Waals surface area contributed by atoms with Gasteiger partial charge in [-0.25, -0.2) is 0 Å². The Morgan fingerprint density at radius 3 is 1.17 bits per heavy atom. The molecule has 0 spiro atoms. The Labute approximate surface area is 119 Å². The van der Waals surface area contributed by atoms with E-state index in [9.17, 15) is 0 Å². The van der Waals surface area contributed by atoms with E-state index in [0.717, 1.165) is 6.16 Å². The molecule has 0 aliphatic carbocycles. The van der Waals surface area contributed by atoms with Gasteiger partial charge in [0.1, 0.15) is 0 Å². The lowest BCUT2D eigenvalue weighted by molar-refractivity contribution is 0.304. The lowest BCUT2D eigenvalue weighted by Crippen LogP contribution is -2.42. The third kappa shape index (κ3) is 3.56. The third-order valence-corrected chi connectivity index (χ3v) is 10.6. The summed E-state index contributed by atoms with van der Waals surface area (Å²) in [4.78, 5) is 0. The van der Waals surface area contributed by atoms with Gasteiger partial charge in [0.25, 0.3) is 0 Å². The van der Waals surface area contributed by atoms with Gasteiger partial charge >= 0.3 is 7.57 Å². The molecule has 0 N–H and O–H groups in total. The monoisotopic (exact) mass is 265 g/mol. The van der Waals surface area contributed by atoms with Crippen LogP contribution in [0.2, 0.25) is 5.31 Å². The van der Waals surface area contributed by atoms with Gasteiger partial charge in [-0.2, -0.15) is 0 Å². The lowest BCUT2D eigenvalue weighted by Gasteiger charge is -2.52. The van der Waals surface area contributed by atoms with Crippen LogP contribution in [0.15, 0.2) is 0 Å². The summed E-state index contributed by atoms with van der Waals surface area (Å²) in [6, 6.07) is 0. The molecule has 1 atom stereocenters. The number of hydrogen-bond acceptors (Lipinski definition) is 0. The van der Waals surface area contributed by atoms with Gasteiger partial charge in [-0.3, -0.25) is 0 Å². The minimum Gasteiger partial charge on any atom is -0.0638 e. The molecule has 0 nitrogen and oxygen atoms in total. The Bertz CT molecular complexity index is 273. The van der Waals surface area contributed by atoms with Crippen LogP contribution in [0.1, 0.15) is 69.2 Å². The van der Waals surface area contributed by atoms with Crippen molar-refractivity contribution in [3.63, 3.8) is 0 Å². The molecule has 0 heterocycles. The van der Waals surface area contributed by atoms with Gasteiger partial charge in [0.05, 0.1) is 18.2 Å². The summed E-state index contributed by atoms with van der Waals surface area (Å²) in [6.45, 7) is 22.4. The highest BCUT2D eigenvalue weighted by atomic mass is 31.2. The first kappa shape index (κ1) is 18.6. The second-order valence-electron chi connectivity index (χ2n) is 9.04.